The number of rotatable bonds is 4. The molecule has 2 aromatic carbocycles. The van der Waals surface area contributed by atoms with Gasteiger partial charge in [-0.3, -0.25) is 9.59 Å². The van der Waals surface area contributed by atoms with Crippen LogP contribution in [-0.4, -0.2) is 42.1 Å². The fourth-order valence-electron chi connectivity index (χ4n) is 3.31. The van der Waals surface area contributed by atoms with E-state index in [1.807, 2.05) is 0 Å². The van der Waals surface area contributed by atoms with E-state index in [0.717, 1.165) is 17.0 Å². The lowest BCUT2D eigenvalue weighted by atomic mass is 9.89. The monoisotopic (exact) mass is 379 g/mol. The Morgan fingerprint density at radius 2 is 1.74 bits per heavy atom. The maximum Gasteiger partial charge on any atom is 0.308 e. The number of carbonyl (C=O) groups is 2. The molecule has 0 radical (unpaired) electrons. The number of carboxylic acid groups (broad SMARTS) is 1. The van der Waals surface area contributed by atoms with Crippen molar-refractivity contribution in [3.05, 3.63) is 65.0 Å². The van der Waals surface area contributed by atoms with Gasteiger partial charge in [0.15, 0.2) is 11.6 Å². The van der Waals surface area contributed by atoms with Crippen molar-refractivity contribution in [1.82, 2.24) is 4.90 Å². The molecule has 8 heteroatoms. The van der Waals surface area contributed by atoms with Gasteiger partial charge >= 0.3 is 5.97 Å². The minimum absolute atomic E-state index is 0.0580. The summed E-state index contributed by atoms with van der Waals surface area (Å²) in [5.41, 5.74) is -0.260. The third-order valence-corrected chi connectivity index (χ3v) is 4.71. The lowest BCUT2D eigenvalue weighted by Crippen LogP contribution is -2.31. The van der Waals surface area contributed by atoms with Gasteiger partial charge in [0.2, 0.25) is 0 Å². The number of nitrogens with zero attached hydrogens (tertiary/aromatic N) is 1. The second kappa shape index (κ2) is 7.30. The van der Waals surface area contributed by atoms with Crippen LogP contribution in [-0.2, 0) is 4.79 Å². The molecule has 0 aliphatic carbocycles. The molecule has 1 amide bonds. The van der Waals surface area contributed by atoms with E-state index in [4.69, 9.17) is 4.74 Å². The highest BCUT2D eigenvalue weighted by Crippen LogP contribution is 2.35. The van der Waals surface area contributed by atoms with Crippen molar-refractivity contribution < 1.29 is 32.6 Å². The SMILES string of the molecule is COc1ccc(F)c(C(=O)N2C[C@H](C(=O)O)[C@@H](c3ccc(F)cc3)C2)c1F. The summed E-state index contributed by atoms with van der Waals surface area (Å²) in [6.07, 6.45) is 0. The molecule has 0 spiro atoms. The Balaban J connectivity index is 1.93. The van der Waals surface area contributed by atoms with Crippen molar-refractivity contribution in [2.75, 3.05) is 20.2 Å². The molecule has 1 fully saturated rings. The minimum atomic E-state index is -1.15. The summed E-state index contributed by atoms with van der Waals surface area (Å²) in [4.78, 5) is 25.4. The first-order valence-corrected chi connectivity index (χ1v) is 8.13. The topological polar surface area (TPSA) is 66.8 Å². The van der Waals surface area contributed by atoms with Gasteiger partial charge in [-0.2, -0.15) is 0 Å². The Labute approximate surface area is 153 Å². The number of amides is 1. The average Bonchev–Trinajstić information content (AvgIpc) is 3.08. The Morgan fingerprint density at radius 1 is 1.07 bits per heavy atom. The Bertz CT molecular complexity index is 885. The van der Waals surface area contributed by atoms with Crippen LogP contribution in [0.15, 0.2) is 36.4 Å². The normalized spacial score (nSPS) is 19.2. The molecule has 3 rings (SSSR count). The number of benzene rings is 2. The van der Waals surface area contributed by atoms with Gasteiger partial charge in [0.1, 0.15) is 17.2 Å². The maximum atomic E-state index is 14.4. The zero-order valence-corrected chi connectivity index (χ0v) is 14.3. The molecular weight excluding hydrogens is 363 g/mol. The first-order chi connectivity index (χ1) is 12.8. The molecule has 5 nitrogen and oxygen atoms in total. The van der Waals surface area contributed by atoms with Gasteiger partial charge in [0.25, 0.3) is 5.91 Å². The van der Waals surface area contributed by atoms with E-state index in [-0.39, 0.29) is 18.8 Å². The van der Waals surface area contributed by atoms with Gasteiger partial charge in [0.05, 0.1) is 13.0 Å². The summed E-state index contributed by atoms with van der Waals surface area (Å²) in [5, 5.41) is 9.48. The maximum absolute atomic E-state index is 14.4. The fraction of sp³-hybridized carbons (Fsp3) is 0.263. The highest BCUT2D eigenvalue weighted by Gasteiger charge is 2.41. The van der Waals surface area contributed by atoms with Gasteiger partial charge < -0.3 is 14.7 Å². The summed E-state index contributed by atoms with van der Waals surface area (Å²) in [7, 11) is 1.19. The number of methoxy groups -OCH3 is 1. The van der Waals surface area contributed by atoms with E-state index >= 15 is 0 Å². The van der Waals surface area contributed by atoms with Crippen molar-refractivity contribution in [3.8, 4) is 5.75 Å². The molecule has 1 heterocycles. The predicted octanol–water partition coefficient (Wildman–Crippen LogP) is 3.05. The first kappa shape index (κ1) is 18.8. The molecule has 0 saturated carbocycles. The van der Waals surface area contributed by atoms with Gasteiger partial charge in [-0.1, -0.05) is 12.1 Å². The summed E-state index contributed by atoms with van der Waals surface area (Å²) in [6.45, 7) is -0.274. The molecule has 27 heavy (non-hydrogen) atoms. The molecule has 0 bridgehead atoms. The smallest absolute Gasteiger partial charge is 0.308 e. The number of ether oxygens (including phenoxy) is 1. The van der Waals surface area contributed by atoms with Crippen molar-refractivity contribution in [3.63, 3.8) is 0 Å². The van der Waals surface area contributed by atoms with Crippen LogP contribution < -0.4 is 4.74 Å². The lowest BCUT2D eigenvalue weighted by Gasteiger charge is -2.18. The fourth-order valence-corrected chi connectivity index (χ4v) is 3.31. The van der Waals surface area contributed by atoms with Crippen LogP contribution in [0.4, 0.5) is 13.2 Å². The minimum Gasteiger partial charge on any atom is -0.494 e. The van der Waals surface area contributed by atoms with Gasteiger partial charge in [-0.05, 0) is 29.8 Å². The zero-order chi connectivity index (χ0) is 19.7. The molecular formula is C19H16F3NO4. The number of hydrogen-bond donors (Lipinski definition) is 1. The number of carbonyl (C=O) groups excluding carboxylic acids is 1. The number of aliphatic carboxylic acids is 1. The second-order valence-electron chi connectivity index (χ2n) is 6.25. The molecule has 1 saturated heterocycles. The van der Waals surface area contributed by atoms with Crippen molar-refractivity contribution >= 4 is 11.9 Å². The number of likely N-dealkylation sites (tertiary alicyclic amines) is 1. The van der Waals surface area contributed by atoms with Crippen LogP contribution in [0.1, 0.15) is 21.8 Å². The molecule has 2 aromatic rings. The third-order valence-electron chi connectivity index (χ3n) is 4.71. The Kier molecular flexibility index (Phi) is 5.07. The van der Waals surface area contributed by atoms with E-state index in [2.05, 4.69) is 0 Å². The summed E-state index contributed by atoms with van der Waals surface area (Å²) < 4.78 is 46.4. The van der Waals surface area contributed by atoms with E-state index in [0.29, 0.717) is 5.56 Å². The van der Waals surface area contributed by atoms with Crippen LogP contribution in [0, 0.1) is 23.4 Å². The highest BCUT2D eigenvalue weighted by atomic mass is 19.1. The largest absolute Gasteiger partial charge is 0.494 e. The lowest BCUT2D eigenvalue weighted by molar-refractivity contribution is -0.141. The number of halogens is 3. The first-order valence-electron chi connectivity index (χ1n) is 8.13. The van der Waals surface area contributed by atoms with Crippen LogP contribution in [0.3, 0.4) is 0 Å². The molecule has 1 N–H and O–H groups in total. The van der Waals surface area contributed by atoms with Gasteiger partial charge in [-0.15, -0.1) is 0 Å². The van der Waals surface area contributed by atoms with Crippen molar-refractivity contribution in [2.24, 2.45) is 5.92 Å². The molecule has 2 atom stereocenters. The van der Waals surface area contributed by atoms with Gasteiger partial charge in [-0.25, -0.2) is 13.2 Å². The van der Waals surface area contributed by atoms with Crippen LogP contribution in [0.2, 0.25) is 0 Å². The molecule has 142 valence electrons. The quantitative estimate of drug-likeness (QED) is 0.887. The van der Waals surface area contributed by atoms with Crippen LogP contribution in [0.25, 0.3) is 0 Å². The molecule has 0 aromatic heterocycles. The van der Waals surface area contributed by atoms with Gasteiger partial charge in [0, 0.05) is 19.0 Å². The molecule has 1 aliphatic rings. The second-order valence-corrected chi connectivity index (χ2v) is 6.25. The van der Waals surface area contributed by atoms with E-state index in [1.54, 1.807) is 0 Å². The Morgan fingerprint density at radius 3 is 2.33 bits per heavy atom. The zero-order valence-electron chi connectivity index (χ0n) is 14.3. The van der Waals surface area contributed by atoms with Crippen LogP contribution in [0.5, 0.6) is 5.75 Å². The van der Waals surface area contributed by atoms with Crippen LogP contribution >= 0.6 is 0 Å². The Hall–Kier alpha value is -3.03. The summed E-state index contributed by atoms with van der Waals surface area (Å²) in [6, 6.07) is 7.25. The van der Waals surface area contributed by atoms with Crippen molar-refractivity contribution in [2.45, 2.75) is 5.92 Å². The summed E-state index contributed by atoms with van der Waals surface area (Å²) >= 11 is 0. The standard InChI is InChI=1S/C19H16F3NO4/c1-27-15-7-6-14(21)16(17(15)22)18(24)23-8-12(13(9-23)19(25)26)10-2-4-11(20)5-3-10/h2-7,12-13H,8-9H2,1H3,(H,25,26)/t12-,13+/m1/s1. The number of carboxylic acids is 1. The number of hydrogen-bond acceptors (Lipinski definition) is 3. The molecule has 0 unspecified atom stereocenters. The predicted molar refractivity (Wildman–Crippen MR) is 89.1 cm³/mol. The summed E-state index contributed by atoms with van der Waals surface area (Å²) in [5.74, 6) is -6.66. The molecule has 1 aliphatic heterocycles. The third kappa shape index (κ3) is 3.47. The van der Waals surface area contributed by atoms with E-state index in [1.165, 1.54) is 31.4 Å². The van der Waals surface area contributed by atoms with E-state index < -0.39 is 46.7 Å². The van der Waals surface area contributed by atoms with Crippen molar-refractivity contribution in [1.29, 1.82) is 0 Å². The average molecular weight is 379 g/mol. The highest BCUT2D eigenvalue weighted by molar-refractivity contribution is 5.96. The van der Waals surface area contributed by atoms with E-state index in [9.17, 15) is 27.9 Å².